The molecule has 6 heteroatoms. The fourth-order valence-electron chi connectivity index (χ4n) is 4.89. The van der Waals surface area contributed by atoms with Gasteiger partial charge in [0.15, 0.2) is 5.76 Å². The van der Waals surface area contributed by atoms with Crippen molar-refractivity contribution in [2.45, 2.75) is 45.2 Å². The van der Waals surface area contributed by atoms with Crippen molar-refractivity contribution in [1.82, 2.24) is 15.0 Å². The van der Waals surface area contributed by atoms with Gasteiger partial charge in [-0.05, 0) is 19.8 Å². The number of hydrogen-bond donors (Lipinski definition) is 1. The number of nitrogens with zero attached hydrogens (tertiary/aromatic N) is 3. The first kappa shape index (κ1) is 15.1. The number of fused-ring (bicyclic) bond motifs is 1. The summed E-state index contributed by atoms with van der Waals surface area (Å²) in [7, 11) is 0. The highest BCUT2D eigenvalue weighted by Gasteiger charge is 2.58. The molecule has 126 valence electrons. The summed E-state index contributed by atoms with van der Waals surface area (Å²) in [6.07, 6.45) is 5.07. The lowest BCUT2D eigenvalue weighted by Gasteiger charge is -2.28. The van der Waals surface area contributed by atoms with Crippen LogP contribution in [0.2, 0.25) is 0 Å². The van der Waals surface area contributed by atoms with Gasteiger partial charge in [-0.3, -0.25) is 14.6 Å². The Morgan fingerprint density at radius 2 is 2.17 bits per heavy atom. The van der Waals surface area contributed by atoms with Crippen molar-refractivity contribution < 1.29 is 14.4 Å². The first-order valence-electron chi connectivity index (χ1n) is 8.69. The standard InChI is InChI=1S/C17H25N3O3/c1-12-6-15(23-18-12)9-19-7-13-8-20(14-4-2-3-5-14)11-17(13,10-19)16(21)22/h6,13-14H,2-5,7-11H2,1H3,(H,21,22)/t13-,17-/m0/s1. The van der Waals surface area contributed by atoms with Crippen LogP contribution in [-0.2, 0) is 11.3 Å². The van der Waals surface area contributed by atoms with E-state index in [1.54, 1.807) is 0 Å². The molecule has 2 saturated heterocycles. The molecule has 23 heavy (non-hydrogen) atoms. The van der Waals surface area contributed by atoms with Crippen LogP contribution in [0.3, 0.4) is 0 Å². The van der Waals surface area contributed by atoms with Crippen LogP contribution in [0.15, 0.2) is 10.6 Å². The lowest BCUT2D eigenvalue weighted by molar-refractivity contribution is -0.149. The predicted octanol–water partition coefficient (Wildman–Crippen LogP) is 1.74. The quantitative estimate of drug-likeness (QED) is 0.912. The summed E-state index contributed by atoms with van der Waals surface area (Å²) in [6.45, 7) is 5.68. The van der Waals surface area contributed by atoms with Gasteiger partial charge in [0.05, 0.1) is 17.7 Å². The maximum atomic E-state index is 12.1. The molecule has 6 nitrogen and oxygen atoms in total. The maximum absolute atomic E-state index is 12.1. The molecule has 4 rings (SSSR count). The Kier molecular flexibility index (Phi) is 3.69. The van der Waals surface area contributed by atoms with E-state index in [1.165, 1.54) is 25.7 Å². The van der Waals surface area contributed by atoms with Gasteiger partial charge in [-0.2, -0.15) is 0 Å². The van der Waals surface area contributed by atoms with Gasteiger partial charge < -0.3 is 9.63 Å². The second kappa shape index (κ2) is 5.60. The monoisotopic (exact) mass is 319 g/mol. The smallest absolute Gasteiger partial charge is 0.312 e. The minimum atomic E-state index is -0.626. The van der Waals surface area contributed by atoms with E-state index in [-0.39, 0.29) is 5.92 Å². The number of carbonyl (C=O) groups is 1. The second-order valence-corrected chi connectivity index (χ2v) is 7.63. The molecule has 1 saturated carbocycles. The van der Waals surface area contributed by atoms with Crippen LogP contribution in [0.1, 0.15) is 37.1 Å². The van der Waals surface area contributed by atoms with Gasteiger partial charge >= 0.3 is 5.97 Å². The zero-order chi connectivity index (χ0) is 16.0. The van der Waals surface area contributed by atoms with E-state index in [1.807, 2.05) is 13.0 Å². The molecule has 1 N–H and O–H groups in total. The molecular formula is C17H25N3O3. The van der Waals surface area contributed by atoms with Crippen LogP contribution in [0, 0.1) is 18.3 Å². The summed E-state index contributed by atoms with van der Waals surface area (Å²) in [5.41, 5.74) is 0.275. The average Bonchev–Trinajstić information content (AvgIpc) is 3.21. The van der Waals surface area contributed by atoms with Crippen molar-refractivity contribution in [1.29, 1.82) is 0 Å². The SMILES string of the molecule is Cc1cc(CN2C[C@H]3CN(C4CCCC4)C[C@@]3(C(=O)O)C2)on1. The van der Waals surface area contributed by atoms with Gasteiger partial charge in [-0.15, -0.1) is 0 Å². The topological polar surface area (TPSA) is 69.8 Å². The molecule has 2 atom stereocenters. The zero-order valence-corrected chi connectivity index (χ0v) is 13.7. The molecular weight excluding hydrogens is 294 g/mol. The Hall–Kier alpha value is -1.40. The van der Waals surface area contributed by atoms with Crippen LogP contribution in [-0.4, -0.2) is 58.3 Å². The molecule has 1 aromatic heterocycles. The van der Waals surface area contributed by atoms with E-state index >= 15 is 0 Å². The molecule has 0 amide bonds. The average molecular weight is 319 g/mol. The van der Waals surface area contributed by atoms with Gasteiger partial charge in [-0.25, -0.2) is 0 Å². The molecule has 0 spiro atoms. The number of carboxylic acid groups (broad SMARTS) is 1. The van der Waals surface area contributed by atoms with Crippen LogP contribution in [0.5, 0.6) is 0 Å². The van der Waals surface area contributed by atoms with Gasteiger partial charge in [0.2, 0.25) is 0 Å². The number of rotatable bonds is 4. The van der Waals surface area contributed by atoms with Crippen molar-refractivity contribution in [3.63, 3.8) is 0 Å². The Balaban J connectivity index is 1.47. The Bertz CT molecular complexity index is 596. The zero-order valence-electron chi connectivity index (χ0n) is 13.7. The summed E-state index contributed by atoms with van der Waals surface area (Å²) < 4.78 is 5.29. The first-order chi connectivity index (χ1) is 11.1. The molecule has 1 aromatic rings. The van der Waals surface area contributed by atoms with Crippen LogP contribution >= 0.6 is 0 Å². The van der Waals surface area contributed by atoms with Crippen LogP contribution in [0.4, 0.5) is 0 Å². The number of hydrogen-bond acceptors (Lipinski definition) is 5. The van der Waals surface area contributed by atoms with Gasteiger partial charge in [0.25, 0.3) is 0 Å². The minimum absolute atomic E-state index is 0.226. The van der Waals surface area contributed by atoms with Crippen molar-refractivity contribution in [3.05, 3.63) is 17.5 Å². The number of aromatic nitrogens is 1. The minimum Gasteiger partial charge on any atom is -0.481 e. The molecule has 0 aromatic carbocycles. The number of carboxylic acids is 1. The van der Waals surface area contributed by atoms with Crippen molar-refractivity contribution in [2.75, 3.05) is 26.2 Å². The fraction of sp³-hybridized carbons (Fsp3) is 0.765. The molecule has 0 unspecified atom stereocenters. The lowest BCUT2D eigenvalue weighted by atomic mass is 9.81. The van der Waals surface area contributed by atoms with Crippen molar-refractivity contribution >= 4 is 5.97 Å². The highest BCUT2D eigenvalue weighted by molar-refractivity contribution is 5.77. The van der Waals surface area contributed by atoms with E-state index in [0.717, 1.165) is 24.5 Å². The maximum Gasteiger partial charge on any atom is 0.312 e. The van der Waals surface area contributed by atoms with Crippen molar-refractivity contribution in [2.24, 2.45) is 11.3 Å². The van der Waals surface area contributed by atoms with E-state index in [0.29, 0.717) is 25.7 Å². The van der Waals surface area contributed by atoms with E-state index in [4.69, 9.17) is 4.52 Å². The van der Waals surface area contributed by atoms with Gasteiger partial charge in [-0.1, -0.05) is 18.0 Å². The summed E-state index contributed by atoms with van der Waals surface area (Å²) in [6, 6.07) is 2.55. The summed E-state index contributed by atoms with van der Waals surface area (Å²) in [5.74, 6) is 0.430. The molecule has 3 aliphatic rings. The van der Waals surface area contributed by atoms with Gasteiger partial charge in [0, 0.05) is 44.2 Å². The largest absolute Gasteiger partial charge is 0.481 e. The normalized spacial score (nSPS) is 32.7. The Morgan fingerprint density at radius 3 is 2.78 bits per heavy atom. The van der Waals surface area contributed by atoms with Crippen molar-refractivity contribution in [3.8, 4) is 0 Å². The number of aryl methyl sites for hydroxylation is 1. The highest BCUT2D eigenvalue weighted by Crippen LogP contribution is 2.45. The molecule has 0 bridgehead atoms. The molecule has 1 aliphatic carbocycles. The summed E-state index contributed by atoms with van der Waals surface area (Å²) in [5, 5.41) is 13.9. The van der Waals surface area contributed by atoms with E-state index in [9.17, 15) is 9.90 Å². The summed E-state index contributed by atoms with van der Waals surface area (Å²) in [4.78, 5) is 16.8. The predicted molar refractivity (Wildman–Crippen MR) is 83.9 cm³/mol. The summed E-state index contributed by atoms with van der Waals surface area (Å²) >= 11 is 0. The molecule has 0 radical (unpaired) electrons. The highest BCUT2D eigenvalue weighted by atomic mass is 16.5. The third-order valence-electron chi connectivity index (χ3n) is 6.03. The molecule has 3 heterocycles. The number of likely N-dealkylation sites (tertiary alicyclic amines) is 2. The van der Waals surface area contributed by atoms with Crippen LogP contribution < -0.4 is 0 Å². The Labute approximate surface area is 136 Å². The third-order valence-corrected chi connectivity index (χ3v) is 6.03. The van der Waals surface area contributed by atoms with Gasteiger partial charge in [0.1, 0.15) is 0 Å². The van der Waals surface area contributed by atoms with E-state index < -0.39 is 11.4 Å². The van der Waals surface area contributed by atoms with Crippen LogP contribution in [0.25, 0.3) is 0 Å². The second-order valence-electron chi connectivity index (χ2n) is 7.63. The third kappa shape index (κ3) is 2.58. The molecule has 2 aliphatic heterocycles. The van der Waals surface area contributed by atoms with E-state index in [2.05, 4.69) is 15.0 Å². The first-order valence-corrected chi connectivity index (χ1v) is 8.69. The number of aliphatic carboxylic acids is 1. The fourth-order valence-corrected chi connectivity index (χ4v) is 4.89. The lowest BCUT2D eigenvalue weighted by Crippen LogP contribution is -2.42. The Morgan fingerprint density at radius 1 is 1.39 bits per heavy atom. The molecule has 3 fully saturated rings.